The molecule has 0 aliphatic heterocycles. The van der Waals surface area contributed by atoms with Crippen molar-refractivity contribution < 1.29 is 9.59 Å². The van der Waals surface area contributed by atoms with E-state index in [4.69, 9.17) is 0 Å². The van der Waals surface area contributed by atoms with Crippen LogP contribution in [0.1, 0.15) is 44.0 Å². The highest BCUT2D eigenvalue weighted by molar-refractivity contribution is 5.95. The molecule has 1 rings (SSSR count). The molecule has 0 radical (unpaired) electrons. The van der Waals surface area contributed by atoms with E-state index in [2.05, 4.69) is 19.2 Å². The molecule has 3 nitrogen and oxygen atoms in total. The van der Waals surface area contributed by atoms with Gasteiger partial charge in [-0.3, -0.25) is 9.59 Å². The van der Waals surface area contributed by atoms with Crippen LogP contribution >= 0.6 is 0 Å². The molecule has 0 spiro atoms. The summed E-state index contributed by atoms with van der Waals surface area (Å²) in [5, 5.41) is 2.82. The van der Waals surface area contributed by atoms with Gasteiger partial charge in [0.15, 0.2) is 5.78 Å². The molecule has 1 atom stereocenters. The van der Waals surface area contributed by atoms with Crippen LogP contribution < -0.4 is 5.32 Å². The molecule has 92 valence electrons. The summed E-state index contributed by atoms with van der Waals surface area (Å²) in [6.45, 7) is 5.65. The van der Waals surface area contributed by atoms with Crippen molar-refractivity contribution in [2.24, 2.45) is 5.92 Å². The Morgan fingerprint density at radius 3 is 2.29 bits per heavy atom. The summed E-state index contributed by atoms with van der Waals surface area (Å²) < 4.78 is 0. The van der Waals surface area contributed by atoms with Gasteiger partial charge in [0, 0.05) is 17.7 Å². The van der Waals surface area contributed by atoms with Gasteiger partial charge in [-0.15, -0.1) is 0 Å². The van der Waals surface area contributed by atoms with Crippen LogP contribution in [0.3, 0.4) is 0 Å². The Bertz CT molecular complexity index is 395. The number of anilines is 1. The molecule has 3 heteroatoms. The zero-order chi connectivity index (χ0) is 12.8. The number of hydrogen-bond donors (Lipinski definition) is 1. The topological polar surface area (TPSA) is 46.2 Å². The number of nitrogens with one attached hydrogen (secondary N) is 1. The second-order valence-electron chi connectivity index (χ2n) is 4.40. The number of benzene rings is 1. The lowest BCUT2D eigenvalue weighted by atomic mass is 10.0. The first-order chi connectivity index (χ1) is 8.02. The normalized spacial score (nSPS) is 11.9. The number of rotatable bonds is 5. The summed E-state index contributed by atoms with van der Waals surface area (Å²) in [7, 11) is 0. The van der Waals surface area contributed by atoms with Crippen LogP contribution in [0.25, 0.3) is 0 Å². The number of Topliss-reactive ketones (excluding diaryl/α,β-unsaturated/α-hetero) is 1. The van der Waals surface area contributed by atoms with Crippen molar-refractivity contribution in [3.63, 3.8) is 0 Å². The van der Waals surface area contributed by atoms with Gasteiger partial charge in [0.2, 0.25) is 5.91 Å². The van der Waals surface area contributed by atoms with E-state index in [0.717, 1.165) is 12.1 Å². The third-order valence-corrected chi connectivity index (χ3v) is 2.81. The SMILES string of the molecule is CCC(C)CC(=O)Nc1ccc(C(C)=O)cc1. The summed E-state index contributed by atoms with van der Waals surface area (Å²) in [6.07, 6.45) is 1.53. The van der Waals surface area contributed by atoms with Crippen LogP contribution in [-0.2, 0) is 4.79 Å². The first kappa shape index (κ1) is 13.4. The predicted octanol–water partition coefficient (Wildman–Crippen LogP) is 3.26. The molecule has 0 saturated carbocycles. The van der Waals surface area contributed by atoms with Crippen LogP contribution in [0.15, 0.2) is 24.3 Å². The fraction of sp³-hybridized carbons (Fsp3) is 0.429. The van der Waals surface area contributed by atoms with Gasteiger partial charge in [0.1, 0.15) is 0 Å². The van der Waals surface area contributed by atoms with Crippen LogP contribution in [0, 0.1) is 5.92 Å². The number of carbonyl (C=O) groups is 2. The summed E-state index contributed by atoms with van der Waals surface area (Å²) in [6, 6.07) is 6.96. The monoisotopic (exact) mass is 233 g/mol. The maximum atomic E-state index is 11.6. The number of ketones is 1. The van der Waals surface area contributed by atoms with Crippen LogP contribution in [0.2, 0.25) is 0 Å². The molecule has 0 aromatic heterocycles. The Balaban J connectivity index is 2.57. The van der Waals surface area contributed by atoms with Crippen molar-refractivity contribution >= 4 is 17.4 Å². The van der Waals surface area contributed by atoms with E-state index < -0.39 is 0 Å². The maximum Gasteiger partial charge on any atom is 0.224 e. The highest BCUT2D eigenvalue weighted by atomic mass is 16.1. The second-order valence-corrected chi connectivity index (χ2v) is 4.40. The van der Waals surface area contributed by atoms with E-state index in [1.165, 1.54) is 6.92 Å². The van der Waals surface area contributed by atoms with E-state index >= 15 is 0 Å². The van der Waals surface area contributed by atoms with E-state index in [9.17, 15) is 9.59 Å². The Kier molecular flexibility index (Phi) is 4.88. The summed E-state index contributed by atoms with van der Waals surface area (Å²) in [5.41, 5.74) is 1.40. The highest BCUT2D eigenvalue weighted by Crippen LogP contribution is 2.12. The molecular weight excluding hydrogens is 214 g/mol. The van der Waals surface area contributed by atoms with E-state index in [1.807, 2.05) is 0 Å². The minimum Gasteiger partial charge on any atom is -0.326 e. The Hall–Kier alpha value is -1.64. The van der Waals surface area contributed by atoms with Gasteiger partial charge in [-0.2, -0.15) is 0 Å². The number of carbonyl (C=O) groups excluding carboxylic acids is 2. The fourth-order valence-electron chi connectivity index (χ4n) is 1.46. The third-order valence-electron chi connectivity index (χ3n) is 2.81. The van der Waals surface area contributed by atoms with Gasteiger partial charge in [0.25, 0.3) is 0 Å². The zero-order valence-electron chi connectivity index (χ0n) is 10.6. The standard InChI is InChI=1S/C14H19NO2/c1-4-10(2)9-14(17)15-13-7-5-12(6-8-13)11(3)16/h5-8,10H,4,9H2,1-3H3,(H,15,17). The van der Waals surface area contributed by atoms with Crippen molar-refractivity contribution in [1.82, 2.24) is 0 Å². The second kappa shape index (κ2) is 6.18. The van der Waals surface area contributed by atoms with Gasteiger partial charge >= 0.3 is 0 Å². The molecular formula is C14H19NO2. The molecule has 1 aromatic carbocycles. The zero-order valence-corrected chi connectivity index (χ0v) is 10.6. The van der Waals surface area contributed by atoms with Crippen LogP contribution in [-0.4, -0.2) is 11.7 Å². The summed E-state index contributed by atoms with van der Waals surface area (Å²) in [4.78, 5) is 22.7. The van der Waals surface area contributed by atoms with Crippen LogP contribution in [0.4, 0.5) is 5.69 Å². The minimum atomic E-state index is 0.0231. The average molecular weight is 233 g/mol. The van der Waals surface area contributed by atoms with Crippen molar-refractivity contribution in [3.8, 4) is 0 Å². The van der Waals surface area contributed by atoms with Gasteiger partial charge in [-0.05, 0) is 37.1 Å². The molecule has 0 aliphatic rings. The predicted molar refractivity (Wildman–Crippen MR) is 69.1 cm³/mol. The molecule has 0 aliphatic carbocycles. The van der Waals surface area contributed by atoms with E-state index in [1.54, 1.807) is 24.3 Å². The molecule has 0 bridgehead atoms. The Morgan fingerprint density at radius 1 is 1.24 bits per heavy atom. The summed E-state index contributed by atoms with van der Waals surface area (Å²) >= 11 is 0. The molecule has 0 saturated heterocycles. The van der Waals surface area contributed by atoms with Gasteiger partial charge in [-0.1, -0.05) is 20.3 Å². The first-order valence-corrected chi connectivity index (χ1v) is 5.93. The number of amides is 1. The first-order valence-electron chi connectivity index (χ1n) is 5.93. The third kappa shape index (κ3) is 4.39. The van der Waals surface area contributed by atoms with E-state index in [0.29, 0.717) is 17.9 Å². The lowest BCUT2D eigenvalue weighted by molar-refractivity contribution is -0.117. The molecule has 1 N–H and O–H groups in total. The molecule has 1 amide bonds. The smallest absolute Gasteiger partial charge is 0.224 e. The maximum absolute atomic E-state index is 11.6. The van der Waals surface area contributed by atoms with Crippen molar-refractivity contribution in [1.29, 1.82) is 0 Å². The molecule has 1 unspecified atom stereocenters. The lowest BCUT2D eigenvalue weighted by Gasteiger charge is -2.09. The molecule has 0 heterocycles. The molecule has 0 fully saturated rings. The van der Waals surface area contributed by atoms with Crippen molar-refractivity contribution in [2.75, 3.05) is 5.32 Å². The van der Waals surface area contributed by atoms with Gasteiger partial charge in [0.05, 0.1) is 0 Å². The van der Waals surface area contributed by atoms with Crippen molar-refractivity contribution in [2.45, 2.75) is 33.6 Å². The lowest BCUT2D eigenvalue weighted by Crippen LogP contribution is -2.14. The Labute approximate surface area is 102 Å². The molecule has 1 aromatic rings. The van der Waals surface area contributed by atoms with Gasteiger partial charge in [-0.25, -0.2) is 0 Å². The minimum absolute atomic E-state index is 0.0231. The molecule has 17 heavy (non-hydrogen) atoms. The highest BCUT2D eigenvalue weighted by Gasteiger charge is 2.07. The quantitative estimate of drug-likeness (QED) is 0.793. The average Bonchev–Trinajstić information content (AvgIpc) is 2.29. The van der Waals surface area contributed by atoms with Crippen LogP contribution in [0.5, 0.6) is 0 Å². The Morgan fingerprint density at radius 2 is 1.82 bits per heavy atom. The summed E-state index contributed by atoms with van der Waals surface area (Å²) in [5.74, 6) is 0.448. The fourth-order valence-corrected chi connectivity index (χ4v) is 1.46. The van der Waals surface area contributed by atoms with Crippen molar-refractivity contribution in [3.05, 3.63) is 29.8 Å². The van der Waals surface area contributed by atoms with E-state index in [-0.39, 0.29) is 11.7 Å². The number of hydrogen-bond acceptors (Lipinski definition) is 2. The largest absolute Gasteiger partial charge is 0.326 e. The van der Waals surface area contributed by atoms with Gasteiger partial charge < -0.3 is 5.32 Å².